The van der Waals surface area contributed by atoms with Crippen molar-refractivity contribution < 1.29 is 4.74 Å². The summed E-state index contributed by atoms with van der Waals surface area (Å²) in [7, 11) is 2.17. The van der Waals surface area contributed by atoms with E-state index in [1.165, 1.54) is 12.8 Å². The van der Waals surface area contributed by atoms with E-state index in [1.807, 2.05) is 24.4 Å². The van der Waals surface area contributed by atoms with E-state index in [4.69, 9.17) is 16.3 Å². The van der Waals surface area contributed by atoms with Crippen LogP contribution in [0.5, 0.6) is 5.88 Å². The molecular weight excluding hydrogens is 362 g/mol. The van der Waals surface area contributed by atoms with Crippen molar-refractivity contribution in [2.45, 2.75) is 19.4 Å². The fourth-order valence-corrected chi connectivity index (χ4v) is 3.50. The summed E-state index contributed by atoms with van der Waals surface area (Å²) in [6.45, 7) is 3.72. The van der Waals surface area contributed by atoms with E-state index in [-0.39, 0.29) is 0 Å². The van der Waals surface area contributed by atoms with E-state index < -0.39 is 0 Å². The average molecular weight is 386 g/mol. The molecule has 27 heavy (non-hydrogen) atoms. The Morgan fingerprint density at radius 1 is 1.26 bits per heavy atom. The quantitative estimate of drug-likeness (QED) is 0.672. The van der Waals surface area contributed by atoms with Crippen molar-refractivity contribution in [1.82, 2.24) is 19.9 Å². The third-order valence-electron chi connectivity index (χ3n) is 5.08. The molecule has 0 amide bonds. The predicted octanol–water partition coefficient (Wildman–Crippen LogP) is 3.94. The molecule has 7 heteroatoms. The minimum atomic E-state index is 0.631. The van der Waals surface area contributed by atoms with Crippen molar-refractivity contribution in [3.8, 4) is 5.88 Å². The Bertz CT molecular complexity index is 887. The smallest absolute Gasteiger partial charge is 0.213 e. The van der Waals surface area contributed by atoms with Crippen LogP contribution in [-0.2, 0) is 6.54 Å². The first-order valence-corrected chi connectivity index (χ1v) is 9.68. The SMILES string of the molecule is CN1CCC(COc2ccc(CNc3cnc4[nH]cc(Cl)c4c3)cn2)CC1. The van der Waals surface area contributed by atoms with Crippen molar-refractivity contribution in [3.05, 3.63) is 47.4 Å². The monoisotopic (exact) mass is 385 g/mol. The molecule has 0 saturated carbocycles. The number of nitrogens with zero attached hydrogens (tertiary/aromatic N) is 3. The summed E-state index contributed by atoms with van der Waals surface area (Å²) in [4.78, 5) is 14.2. The number of halogens is 1. The number of aromatic amines is 1. The lowest BCUT2D eigenvalue weighted by molar-refractivity contribution is 0.157. The molecule has 0 spiro atoms. The van der Waals surface area contributed by atoms with Gasteiger partial charge in [-0.15, -0.1) is 0 Å². The first kappa shape index (κ1) is 18.1. The van der Waals surface area contributed by atoms with E-state index in [1.54, 1.807) is 12.4 Å². The second kappa shape index (κ2) is 8.15. The van der Waals surface area contributed by atoms with E-state index in [0.717, 1.165) is 42.0 Å². The highest BCUT2D eigenvalue weighted by Gasteiger charge is 2.17. The molecule has 0 aromatic carbocycles. The maximum absolute atomic E-state index is 6.15. The van der Waals surface area contributed by atoms with Gasteiger partial charge in [-0.25, -0.2) is 9.97 Å². The Labute approximate surface area is 163 Å². The van der Waals surface area contributed by atoms with Crippen LogP contribution < -0.4 is 10.1 Å². The van der Waals surface area contributed by atoms with Crippen molar-refractivity contribution >= 4 is 28.3 Å². The van der Waals surface area contributed by atoms with Gasteiger partial charge in [-0.05, 0) is 50.5 Å². The van der Waals surface area contributed by atoms with Crippen LogP contribution in [0.25, 0.3) is 11.0 Å². The number of ether oxygens (including phenoxy) is 1. The van der Waals surface area contributed by atoms with Gasteiger partial charge in [-0.2, -0.15) is 0 Å². The van der Waals surface area contributed by atoms with Crippen molar-refractivity contribution in [2.24, 2.45) is 5.92 Å². The van der Waals surface area contributed by atoms with Gasteiger partial charge in [0, 0.05) is 30.4 Å². The van der Waals surface area contributed by atoms with Crippen LogP contribution in [0.2, 0.25) is 5.02 Å². The Balaban J connectivity index is 1.29. The molecule has 1 aliphatic rings. The molecule has 1 aliphatic heterocycles. The lowest BCUT2D eigenvalue weighted by Gasteiger charge is -2.28. The average Bonchev–Trinajstić information content (AvgIpc) is 3.07. The van der Waals surface area contributed by atoms with Crippen LogP contribution in [0.4, 0.5) is 5.69 Å². The van der Waals surface area contributed by atoms with Gasteiger partial charge in [-0.3, -0.25) is 0 Å². The highest BCUT2D eigenvalue weighted by molar-refractivity contribution is 6.35. The van der Waals surface area contributed by atoms with Crippen LogP contribution in [-0.4, -0.2) is 46.6 Å². The molecule has 2 N–H and O–H groups in total. The number of fused-ring (bicyclic) bond motifs is 1. The van der Waals surface area contributed by atoms with Crippen LogP contribution in [0.15, 0.2) is 36.8 Å². The summed E-state index contributed by atoms with van der Waals surface area (Å²) in [5.41, 5.74) is 2.80. The number of nitrogens with one attached hydrogen (secondary N) is 2. The maximum Gasteiger partial charge on any atom is 0.213 e. The minimum absolute atomic E-state index is 0.631. The Morgan fingerprint density at radius 3 is 2.89 bits per heavy atom. The van der Waals surface area contributed by atoms with Gasteiger partial charge in [0.05, 0.1) is 23.5 Å². The van der Waals surface area contributed by atoms with E-state index in [2.05, 4.69) is 32.2 Å². The summed E-state index contributed by atoms with van der Waals surface area (Å²) < 4.78 is 5.87. The lowest BCUT2D eigenvalue weighted by Crippen LogP contribution is -2.32. The summed E-state index contributed by atoms with van der Waals surface area (Å²) >= 11 is 6.15. The molecule has 1 saturated heterocycles. The fraction of sp³-hybridized carbons (Fsp3) is 0.400. The van der Waals surface area contributed by atoms with Gasteiger partial charge in [-0.1, -0.05) is 17.7 Å². The number of hydrogen-bond acceptors (Lipinski definition) is 5. The summed E-state index contributed by atoms with van der Waals surface area (Å²) in [5, 5.41) is 4.95. The van der Waals surface area contributed by atoms with Crippen molar-refractivity contribution in [3.63, 3.8) is 0 Å². The van der Waals surface area contributed by atoms with Crippen molar-refractivity contribution in [2.75, 3.05) is 32.1 Å². The third-order valence-corrected chi connectivity index (χ3v) is 5.39. The van der Waals surface area contributed by atoms with Crippen LogP contribution in [0, 0.1) is 5.92 Å². The van der Waals surface area contributed by atoms with Crippen LogP contribution in [0.1, 0.15) is 18.4 Å². The van der Waals surface area contributed by atoms with E-state index in [0.29, 0.717) is 23.4 Å². The minimum Gasteiger partial charge on any atom is -0.477 e. The van der Waals surface area contributed by atoms with Crippen LogP contribution in [0.3, 0.4) is 0 Å². The Morgan fingerprint density at radius 2 is 2.11 bits per heavy atom. The summed E-state index contributed by atoms with van der Waals surface area (Å²) in [6.07, 6.45) is 7.79. The molecule has 142 valence electrons. The fourth-order valence-electron chi connectivity index (χ4n) is 3.30. The molecule has 3 aromatic heterocycles. The normalized spacial score (nSPS) is 15.9. The molecule has 0 aliphatic carbocycles. The second-order valence-electron chi connectivity index (χ2n) is 7.17. The topological polar surface area (TPSA) is 66.1 Å². The van der Waals surface area contributed by atoms with Crippen molar-refractivity contribution in [1.29, 1.82) is 0 Å². The lowest BCUT2D eigenvalue weighted by atomic mass is 9.98. The predicted molar refractivity (Wildman–Crippen MR) is 108 cm³/mol. The van der Waals surface area contributed by atoms with Gasteiger partial charge in [0.1, 0.15) is 5.65 Å². The highest BCUT2D eigenvalue weighted by atomic mass is 35.5. The number of rotatable bonds is 6. The summed E-state index contributed by atoms with van der Waals surface area (Å²) in [6, 6.07) is 5.98. The molecule has 3 aromatic rings. The maximum atomic E-state index is 6.15. The number of anilines is 1. The first-order valence-electron chi connectivity index (χ1n) is 9.30. The number of aromatic nitrogens is 3. The molecule has 4 rings (SSSR count). The second-order valence-corrected chi connectivity index (χ2v) is 7.58. The molecule has 0 unspecified atom stereocenters. The zero-order valence-electron chi connectivity index (χ0n) is 15.4. The molecule has 6 nitrogen and oxygen atoms in total. The molecule has 0 radical (unpaired) electrons. The Hall–Kier alpha value is -2.31. The van der Waals surface area contributed by atoms with Gasteiger partial charge >= 0.3 is 0 Å². The summed E-state index contributed by atoms with van der Waals surface area (Å²) in [5.74, 6) is 1.33. The van der Waals surface area contributed by atoms with E-state index >= 15 is 0 Å². The molecule has 0 atom stereocenters. The van der Waals surface area contributed by atoms with Gasteiger partial charge in [0.25, 0.3) is 0 Å². The largest absolute Gasteiger partial charge is 0.477 e. The number of likely N-dealkylation sites (tertiary alicyclic amines) is 1. The van der Waals surface area contributed by atoms with Gasteiger partial charge in [0.15, 0.2) is 0 Å². The number of hydrogen-bond donors (Lipinski definition) is 2. The molecule has 1 fully saturated rings. The van der Waals surface area contributed by atoms with Gasteiger partial charge < -0.3 is 19.9 Å². The van der Waals surface area contributed by atoms with E-state index in [9.17, 15) is 0 Å². The third kappa shape index (κ3) is 4.51. The molecule has 4 heterocycles. The standard InChI is InChI=1S/C20H24ClN5O/c1-26-6-4-14(5-7-26)13-27-19-3-2-15(10-23-19)9-22-16-8-17-18(21)12-25-20(17)24-11-16/h2-3,8,10-12,14,22H,4-7,9,13H2,1H3,(H,24,25). The van der Waals surface area contributed by atoms with Gasteiger partial charge in [0.2, 0.25) is 5.88 Å². The highest BCUT2D eigenvalue weighted by Crippen LogP contribution is 2.24. The molecule has 0 bridgehead atoms. The number of H-pyrrole nitrogens is 1. The zero-order valence-corrected chi connectivity index (χ0v) is 16.2. The van der Waals surface area contributed by atoms with Crippen LogP contribution >= 0.6 is 11.6 Å². The Kier molecular flexibility index (Phi) is 5.45. The number of pyridine rings is 2. The number of piperidine rings is 1. The first-order chi connectivity index (χ1) is 13.2. The zero-order chi connectivity index (χ0) is 18.6. The molecular formula is C20H24ClN5O.